The molecule has 0 saturated heterocycles. The lowest BCUT2D eigenvalue weighted by Gasteiger charge is -2.09. The molecule has 0 fully saturated rings. The van der Waals surface area contributed by atoms with E-state index in [4.69, 9.17) is 4.74 Å². The second-order valence-electron chi connectivity index (χ2n) is 6.14. The van der Waals surface area contributed by atoms with Crippen LogP contribution in [0.4, 0.5) is 17.1 Å². The van der Waals surface area contributed by atoms with E-state index >= 15 is 0 Å². The molecule has 0 aliphatic heterocycles. The first-order valence-electron chi connectivity index (χ1n) is 8.88. The van der Waals surface area contributed by atoms with Crippen molar-refractivity contribution in [2.24, 2.45) is 0 Å². The number of rotatable bonds is 10. The number of carbonyl (C=O) groups is 1. The number of nitrogens with one attached hydrogen (secondary N) is 1. The highest BCUT2D eigenvalue weighted by atomic mass is 16.6. The third-order valence-corrected chi connectivity index (χ3v) is 3.94. The van der Waals surface area contributed by atoms with Gasteiger partial charge in [0.05, 0.1) is 28.1 Å². The van der Waals surface area contributed by atoms with E-state index < -0.39 is 27.1 Å². The van der Waals surface area contributed by atoms with Gasteiger partial charge < -0.3 is 10.1 Å². The third kappa shape index (κ3) is 6.04. The number of anilines is 1. The molecule has 0 bridgehead atoms. The number of benzene rings is 2. The molecular formula is C19H21N3O6. The van der Waals surface area contributed by atoms with Gasteiger partial charge in [-0.1, -0.05) is 32.3 Å². The normalized spacial score (nSPS) is 10.3. The van der Waals surface area contributed by atoms with Gasteiger partial charge >= 0.3 is 0 Å². The predicted molar refractivity (Wildman–Crippen MR) is 104 cm³/mol. The molecular weight excluding hydrogens is 366 g/mol. The van der Waals surface area contributed by atoms with E-state index in [0.29, 0.717) is 18.0 Å². The summed E-state index contributed by atoms with van der Waals surface area (Å²) in [5.74, 6) is -0.105. The number of ether oxygens (including phenoxy) is 1. The fourth-order valence-electron chi connectivity index (χ4n) is 2.52. The Kier molecular flexibility index (Phi) is 7.44. The number of carbonyl (C=O) groups excluding carboxylic acids is 1. The van der Waals surface area contributed by atoms with Crippen molar-refractivity contribution in [3.63, 3.8) is 0 Å². The fraction of sp³-hybridized carbons (Fsp3) is 0.316. The minimum atomic E-state index is -0.781. The Morgan fingerprint density at radius 3 is 2.29 bits per heavy atom. The molecule has 2 rings (SSSR count). The van der Waals surface area contributed by atoms with Crippen molar-refractivity contribution < 1.29 is 19.4 Å². The molecule has 0 atom stereocenters. The molecule has 1 amide bonds. The van der Waals surface area contributed by atoms with Gasteiger partial charge in [-0.25, -0.2) is 0 Å². The number of non-ortho nitro benzene ring substituents is 2. The zero-order chi connectivity index (χ0) is 20.5. The summed E-state index contributed by atoms with van der Waals surface area (Å²) in [6.07, 6.45) is 4.30. The van der Waals surface area contributed by atoms with Gasteiger partial charge in [0, 0.05) is 23.9 Å². The summed E-state index contributed by atoms with van der Waals surface area (Å²) in [5.41, 5.74) is -0.802. The number of nitro benzene ring substituents is 2. The van der Waals surface area contributed by atoms with Gasteiger partial charge in [0.1, 0.15) is 5.75 Å². The summed E-state index contributed by atoms with van der Waals surface area (Å²) < 4.78 is 5.65. The number of hydrogen-bond donors (Lipinski definition) is 1. The second kappa shape index (κ2) is 10.0. The average molecular weight is 387 g/mol. The van der Waals surface area contributed by atoms with E-state index in [2.05, 4.69) is 12.2 Å². The van der Waals surface area contributed by atoms with Crippen LogP contribution in [-0.4, -0.2) is 22.4 Å². The largest absolute Gasteiger partial charge is 0.494 e. The lowest BCUT2D eigenvalue weighted by atomic mass is 10.1. The summed E-state index contributed by atoms with van der Waals surface area (Å²) in [7, 11) is 0. The van der Waals surface area contributed by atoms with Crippen LogP contribution < -0.4 is 10.1 Å². The number of nitro groups is 2. The van der Waals surface area contributed by atoms with Crippen LogP contribution in [0.2, 0.25) is 0 Å². The van der Waals surface area contributed by atoms with Gasteiger partial charge in [0.2, 0.25) is 0 Å². The van der Waals surface area contributed by atoms with Crippen LogP contribution in [0.3, 0.4) is 0 Å². The number of amides is 1. The van der Waals surface area contributed by atoms with Crippen LogP contribution >= 0.6 is 0 Å². The molecule has 2 aromatic rings. The maximum atomic E-state index is 12.4. The Labute approximate surface area is 161 Å². The molecule has 2 aromatic carbocycles. The Bertz CT molecular complexity index is 836. The van der Waals surface area contributed by atoms with E-state index in [0.717, 1.165) is 43.9 Å². The van der Waals surface area contributed by atoms with Crippen molar-refractivity contribution in [1.29, 1.82) is 0 Å². The summed E-state index contributed by atoms with van der Waals surface area (Å²) in [6.45, 7) is 2.69. The highest BCUT2D eigenvalue weighted by Gasteiger charge is 2.20. The first kappa shape index (κ1) is 20.8. The summed E-state index contributed by atoms with van der Waals surface area (Å²) >= 11 is 0. The van der Waals surface area contributed by atoms with Crippen LogP contribution in [-0.2, 0) is 0 Å². The standard InChI is InChI=1S/C19H21N3O6/c1-2-3-4-5-9-28-18-8-6-7-15(12-18)20-19(23)14-10-16(21(24)25)13-17(11-14)22(26)27/h6-8,10-13H,2-5,9H2,1H3,(H,20,23). The molecule has 28 heavy (non-hydrogen) atoms. The molecule has 0 unspecified atom stereocenters. The molecule has 1 N–H and O–H groups in total. The zero-order valence-electron chi connectivity index (χ0n) is 15.4. The average Bonchev–Trinajstić information content (AvgIpc) is 2.67. The van der Waals surface area contributed by atoms with Gasteiger partial charge in [0.25, 0.3) is 17.3 Å². The van der Waals surface area contributed by atoms with Crippen LogP contribution in [0, 0.1) is 20.2 Å². The van der Waals surface area contributed by atoms with Crippen LogP contribution in [0.15, 0.2) is 42.5 Å². The van der Waals surface area contributed by atoms with Crippen LogP contribution in [0.25, 0.3) is 0 Å². The highest BCUT2D eigenvalue weighted by Crippen LogP contribution is 2.24. The molecule has 0 aliphatic rings. The Morgan fingerprint density at radius 2 is 1.68 bits per heavy atom. The van der Waals surface area contributed by atoms with E-state index in [-0.39, 0.29) is 5.56 Å². The smallest absolute Gasteiger partial charge is 0.277 e. The molecule has 148 valence electrons. The summed E-state index contributed by atoms with van der Waals surface area (Å²) in [6, 6.07) is 9.52. The lowest BCUT2D eigenvalue weighted by Crippen LogP contribution is -2.12. The van der Waals surface area contributed by atoms with Gasteiger partial charge in [0.15, 0.2) is 0 Å². The SMILES string of the molecule is CCCCCCOc1cccc(NC(=O)c2cc([N+](=O)[O-])cc([N+](=O)[O-])c2)c1. The van der Waals surface area contributed by atoms with E-state index in [1.165, 1.54) is 0 Å². The van der Waals surface area contributed by atoms with Crippen molar-refractivity contribution in [2.75, 3.05) is 11.9 Å². The van der Waals surface area contributed by atoms with Gasteiger partial charge in [-0.05, 0) is 18.6 Å². The number of hydrogen-bond acceptors (Lipinski definition) is 6. The van der Waals surface area contributed by atoms with E-state index in [1.54, 1.807) is 24.3 Å². The first-order chi connectivity index (χ1) is 13.4. The van der Waals surface area contributed by atoms with Crippen LogP contribution in [0.5, 0.6) is 5.75 Å². The molecule has 0 spiro atoms. The van der Waals surface area contributed by atoms with Crippen molar-refractivity contribution in [3.05, 3.63) is 68.3 Å². The predicted octanol–water partition coefficient (Wildman–Crippen LogP) is 4.71. The van der Waals surface area contributed by atoms with Crippen molar-refractivity contribution >= 4 is 23.0 Å². The molecule has 0 radical (unpaired) electrons. The minimum absolute atomic E-state index is 0.174. The molecule has 0 saturated carbocycles. The quantitative estimate of drug-likeness (QED) is 0.357. The summed E-state index contributed by atoms with van der Waals surface area (Å²) in [4.78, 5) is 32.8. The fourth-order valence-corrected chi connectivity index (χ4v) is 2.52. The Balaban J connectivity index is 2.09. The van der Waals surface area contributed by atoms with Gasteiger partial charge in [-0.3, -0.25) is 25.0 Å². The number of unbranched alkanes of at least 4 members (excludes halogenated alkanes) is 3. The van der Waals surface area contributed by atoms with E-state index in [9.17, 15) is 25.0 Å². The minimum Gasteiger partial charge on any atom is -0.494 e. The molecule has 0 heterocycles. The van der Waals surface area contributed by atoms with E-state index in [1.807, 2.05) is 0 Å². The maximum absolute atomic E-state index is 12.4. The Hall–Kier alpha value is -3.49. The van der Waals surface area contributed by atoms with Crippen molar-refractivity contribution in [1.82, 2.24) is 0 Å². The van der Waals surface area contributed by atoms with Crippen molar-refractivity contribution in [2.45, 2.75) is 32.6 Å². The number of nitrogens with zero attached hydrogens (tertiary/aromatic N) is 2. The lowest BCUT2D eigenvalue weighted by molar-refractivity contribution is -0.394. The second-order valence-corrected chi connectivity index (χ2v) is 6.14. The Morgan fingerprint density at radius 1 is 1.00 bits per heavy atom. The first-order valence-corrected chi connectivity index (χ1v) is 8.88. The summed E-state index contributed by atoms with van der Waals surface area (Å²) in [5, 5.41) is 24.5. The molecule has 0 aromatic heterocycles. The van der Waals surface area contributed by atoms with Gasteiger partial charge in [-0.2, -0.15) is 0 Å². The maximum Gasteiger partial charge on any atom is 0.277 e. The monoisotopic (exact) mass is 387 g/mol. The topological polar surface area (TPSA) is 125 Å². The zero-order valence-corrected chi connectivity index (χ0v) is 15.4. The molecule has 9 nitrogen and oxygen atoms in total. The third-order valence-electron chi connectivity index (χ3n) is 3.94. The van der Waals surface area contributed by atoms with Crippen molar-refractivity contribution in [3.8, 4) is 5.75 Å². The van der Waals surface area contributed by atoms with Crippen LogP contribution in [0.1, 0.15) is 43.0 Å². The highest BCUT2D eigenvalue weighted by molar-refractivity contribution is 6.05. The molecule has 9 heteroatoms. The van der Waals surface area contributed by atoms with Gasteiger partial charge in [-0.15, -0.1) is 0 Å². The molecule has 0 aliphatic carbocycles.